The Labute approximate surface area is 145 Å². The molecule has 0 fully saturated rings. The fourth-order valence-electron chi connectivity index (χ4n) is 1.87. The van der Waals surface area contributed by atoms with E-state index in [0.29, 0.717) is 0 Å². The predicted octanol–water partition coefficient (Wildman–Crippen LogP) is 4.33. The number of carbonyl (C=O) groups excluding carboxylic acids is 1. The summed E-state index contributed by atoms with van der Waals surface area (Å²) in [6, 6.07) is 3.24. The summed E-state index contributed by atoms with van der Waals surface area (Å²) in [7, 11) is 1.18. The first-order valence-corrected chi connectivity index (χ1v) is 7.17. The quantitative estimate of drug-likeness (QED) is 0.479. The van der Waals surface area contributed by atoms with Gasteiger partial charge in [-0.15, -0.1) is 0 Å². The van der Waals surface area contributed by atoms with Crippen LogP contribution in [0.4, 0.5) is 5.69 Å². The Morgan fingerprint density at radius 1 is 1.27 bits per heavy atom. The number of nitrogens with zero attached hydrogens (tertiary/aromatic N) is 2. The van der Waals surface area contributed by atoms with E-state index in [1.165, 1.54) is 23.9 Å². The van der Waals surface area contributed by atoms with Crippen molar-refractivity contribution < 1.29 is 9.53 Å². The van der Waals surface area contributed by atoms with Crippen molar-refractivity contribution in [2.24, 2.45) is 0 Å². The van der Waals surface area contributed by atoms with E-state index < -0.39 is 5.97 Å². The van der Waals surface area contributed by atoms with Gasteiger partial charge in [-0.2, -0.15) is 5.26 Å². The van der Waals surface area contributed by atoms with E-state index in [-0.39, 0.29) is 42.7 Å². The molecule has 0 aliphatic rings. The average Bonchev–Trinajstić information content (AvgIpc) is 2.80. The van der Waals surface area contributed by atoms with Crippen molar-refractivity contribution in [1.29, 1.82) is 5.26 Å². The largest absolute Gasteiger partial charge is 0.464 e. The Balaban J connectivity index is 2.88. The Kier molecular flexibility index (Phi) is 4.78. The first-order chi connectivity index (χ1) is 10.3. The van der Waals surface area contributed by atoms with Crippen LogP contribution in [-0.2, 0) is 4.74 Å². The monoisotopic (exact) mass is 377 g/mol. The molecule has 5 nitrogen and oxygen atoms in total. The molecule has 0 saturated heterocycles. The Morgan fingerprint density at radius 3 is 2.45 bits per heavy atom. The summed E-state index contributed by atoms with van der Waals surface area (Å²) in [6.45, 7) is 0. The number of methoxy groups -OCH3 is 1. The average molecular weight is 379 g/mol. The van der Waals surface area contributed by atoms with E-state index in [1.54, 1.807) is 0 Å². The molecular formula is C13H7Cl4N3O2. The third kappa shape index (κ3) is 2.59. The zero-order valence-electron chi connectivity index (χ0n) is 11.0. The molecule has 0 bridgehead atoms. The van der Waals surface area contributed by atoms with Gasteiger partial charge in [0.15, 0.2) is 5.69 Å². The molecule has 1 heterocycles. The molecular weight excluding hydrogens is 372 g/mol. The molecule has 0 aliphatic carbocycles. The van der Waals surface area contributed by atoms with Gasteiger partial charge in [-0.1, -0.05) is 46.4 Å². The maximum atomic E-state index is 12.0. The van der Waals surface area contributed by atoms with Gasteiger partial charge >= 0.3 is 5.97 Å². The summed E-state index contributed by atoms with van der Waals surface area (Å²) in [5.41, 5.74) is 5.92. The van der Waals surface area contributed by atoms with Crippen LogP contribution < -0.4 is 5.73 Å². The SMILES string of the molecule is COC(=O)c1c(N)c(C#N)cn1-c1c(Cl)cc(Cl)c(Cl)c1Cl. The Hall–Kier alpha value is -1.58. The maximum Gasteiger partial charge on any atom is 0.357 e. The van der Waals surface area contributed by atoms with Gasteiger partial charge in [-0.25, -0.2) is 4.79 Å². The molecule has 2 aromatic rings. The fraction of sp³-hybridized carbons (Fsp3) is 0.0769. The van der Waals surface area contributed by atoms with E-state index in [0.717, 1.165) is 0 Å². The van der Waals surface area contributed by atoms with Crippen molar-refractivity contribution in [3.63, 3.8) is 0 Å². The third-order valence-corrected chi connectivity index (χ3v) is 4.41. The normalized spacial score (nSPS) is 10.4. The van der Waals surface area contributed by atoms with Crippen LogP contribution in [0, 0.1) is 11.3 Å². The molecule has 0 unspecified atom stereocenters. The first-order valence-electron chi connectivity index (χ1n) is 5.66. The zero-order chi connectivity index (χ0) is 16.6. The zero-order valence-corrected chi connectivity index (χ0v) is 14.0. The number of nitriles is 1. The summed E-state index contributed by atoms with van der Waals surface area (Å²) in [6.07, 6.45) is 1.32. The lowest BCUT2D eigenvalue weighted by Gasteiger charge is -2.14. The van der Waals surface area contributed by atoms with Crippen LogP contribution in [0.15, 0.2) is 12.3 Å². The first kappa shape index (κ1) is 16.8. The third-order valence-electron chi connectivity index (χ3n) is 2.87. The van der Waals surface area contributed by atoms with Crippen molar-refractivity contribution in [2.45, 2.75) is 0 Å². The molecule has 0 atom stereocenters. The number of benzene rings is 1. The van der Waals surface area contributed by atoms with Crippen LogP contribution >= 0.6 is 46.4 Å². The van der Waals surface area contributed by atoms with Crippen LogP contribution in [0.25, 0.3) is 5.69 Å². The number of nitrogen functional groups attached to an aromatic ring is 1. The molecule has 22 heavy (non-hydrogen) atoms. The second-order valence-corrected chi connectivity index (χ2v) is 5.67. The topological polar surface area (TPSA) is 81.0 Å². The highest BCUT2D eigenvalue weighted by atomic mass is 35.5. The van der Waals surface area contributed by atoms with Crippen molar-refractivity contribution in [2.75, 3.05) is 12.8 Å². The van der Waals surface area contributed by atoms with Gasteiger partial charge in [0.25, 0.3) is 0 Å². The summed E-state index contributed by atoms with van der Waals surface area (Å²) in [4.78, 5) is 12.0. The number of hydrogen-bond donors (Lipinski definition) is 1. The Morgan fingerprint density at radius 2 is 1.91 bits per heavy atom. The van der Waals surface area contributed by atoms with Crippen molar-refractivity contribution >= 4 is 58.1 Å². The van der Waals surface area contributed by atoms with Crippen LogP contribution in [0.3, 0.4) is 0 Å². The van der Waals surface area contributed by atoms with E-state index in [2.05, 4.69) is 4.74 Å². The number of halogens is 4. The van der Waals surface area contributed by atoms with Gasteiger partial charge in [-0.05, 0) is 6.07 Å². The van der Waals surface area contributed by atoms with E-state index >= 15 is 0 Å². The molecule has 0 radical (unpaired) electrons. The van der Waals surface area contributed by atoms with Gasteiger partial charge in [0.05, 0.1) is 44.1 Å². The number of aromatic nitrogens is 1. The van der Waals surface area contributed by atoms with E-state index in [1.807, 2.05) is 6.07 Å². The minimum Gasteiger partial charge on any atom is -0.464 e. The van der Waals surface area contributed by atoms with Crippen LogP contribution in [0.1, 0.15) is 16.1 Å². The van der Waals surface area contributed by atoms with Crippen molar-refractivity contribution in [3.8, 4) is 11.8 Å². The molecule has 0 spiro atoms. The number of rotatable bonds is 2. The summed E-state index contributed by atoms with van der Waals surface area (Å²) >= 11 is 24.2. The fourth-order valence-corrected chi connectivity index (χ4v) is 2.96. The van der Waals surface area contributed by atoms with E-state index in [9.17, 15) is 4.79 Å². The van der Waals surface area contributed by atoms with Crippen LogP contribution in [0.5, 0.6) is 0 Å². The highest BCUT2D eigenvalue weighted by molar-refractivity contribution is 6.50. The second kappa shape index (κ2) is 6.27. The lowest BCUT2D eigenvalue weighted by atomic mass is 10.2. The molecule has 1 aromatic heterocycles. The van der Waals surface area contributed by atoms with Gasteiger partial charge in [0.1, 0.15) is 6.07 Å². The van der Waals surface area contributed by atoms with Crippen LogP contribution in [-0.4, -0.2) is 17.6 Å². The maximum absolute atomic E-state index is 12.0. The lowest BCUT2D eigenvalue weighted by Crippen LogP contribution is -2.11. The standard InChI is InChI=1S/C13H7Cl4N3O2/c1-22-13(21)12-10(19)5(3-18)4-20(12)11-7(15)2-6(14)8(16)9(11)17/h2,4H,19H2,1H3. The molecule has 1 aromatic carbocycles. The smallest absolute Gasteiger partial charge is 0.357 e. The highest BCUT2D eigenvalue weighted by Gasteiger charge is 2.25. The highest BCUT2D eigenvalue weighted by Crippen LogP contribution is 2.41. The lowest BCUT2D eigenvalue weighted by molar-refractivity contribution is 0.0593. The Bertz CT molecular complexity index is 824. The van der Waals surface area contributed by atoms with Gasteiger partial charge < -0.3 is 15.0 Å². The molecule has 0 saturated carbocycles. The van der Waals surface area contributed by atoms with E-state index in [4.69, 9.17) is 57.4 Å². The minimum absolute atomic E-state index is 0.0174. The van der Waals surface area contributed by atoms with Crippen molar-refractivity contribution in [3.05, 3.63) is 43.6 Å². The molecule has 0 aliphatic heterocycles. The van der Waals surface area contributed by atoms with Crippen LogP contribution in [0.2, 0.25) is 20.1 Å². The number of esters is 1. The molecule has 2 rings (SSSR count). The molecule has 0 amide bonds. The second-order valence-electron chi connectivity index (χ2n) is 4.10. The predicted molar refractivity (Wildman–Crippen MR) is 86.3 cm³/mol. The number of ether oxygens (including phenoxy) is 1. The van der Waals surface area contributed by atoms with Gasteiger partial charge in [0, 0.05) is 6.20 Å². The van der Waals surface area contributed by atoms with Crippen molar-refractivity contribution in [1.82, 2.24) is 4.57 Å². The summed E-state index contributed by atoms with van der Waals surface area (Å²) < 4.78 is 5.93. The molecule has 2 N–H and O–H groups in total. The summed E-state index contributed by atoms with van der Waals surface area (Å²) in [5.74, 6) is -0.753. The number of carbonyl (C=O) groups is 1. The number of anilines is 1. The number of hydrogen-bond acceptors (Lipinski definition) is 4. The van der Waals surface area contributed by atoms with Gasteiger partial charge in [0.2, 0.25) is 0 Å². The summed E-state index contributed by atoms with van der Waals surface area (Å²) in [5, 5.41) is 9.45. The molecule has 114 valence electrons. The minimum atomic E-state index is -0.753. The number of nitrogens with two attached hydrogens (primary N) is 1. The molecule has 9 heteroatoms. The van der Waals surface area contributed by atoms with Gasteiger partial charge in [-0.3, -0.25) is 0 Å².